The maximum atomic E-state index is 10.5. The summed E-state index contributed by atoms with van der Waals surface area (Å²) in [4.78, 5) is 0.0796. The van der Waals surface area contributed by atoms with Crippen molar-refractivity contribution in [1.82, 2.24) is 5.01 Å². The van der Waals surface area contributed by atoms with Crippen LogP contribution in [0.3, 0.4) is 0 Å². The molecule has 1 aliphatic rings. The molecule has 6 nitrogen and oxygen atoms in total. The molecule has 0 bridgehead atoms. The largest absolute Gasteiger partial charge is 0.569 e. The molecule has 0 spiro atoms. The smallest absolute Gasteiger partial charge is 0.230 e. The van der Waals surface area contributed by atoms with Gasteiger partial charge in [-0.1, -0.05) is 0 Å². The third-order valence-electron chi connectivity index (χ3n) is 1.46. The van der Waals surface area contributed by atoms with Crippen LogP contribution in [-0.4, -0.2) is 39.5 Å². The van der Waals surface area contributed by atoms with Crippen molar-refractivity contribution in [2.45, 2.75) is 12.5 Å². The van der Waals surface area contributed by atoms with Gasteiger partial charge in [-0.3, -0.25) is 0 Å². The van der Waals surface area contributed by atoms with Crippen molar-refractivity contribution in [3.63, 3.8) is 0 Å². The van der Waals surface area contributed by atoms with E-state index in [4.69, 9.17) is 10.3 Å². The minimum atomic E-state index is -0.474. The van der Waals surface area contributed by atoms with Crippen molar-refractivity contribution in [2.24, 2.45) is 5.28 Å². The first-order valence-corrected chi connectivity index (χ1v) is 2.99. The molecule has 0 aromatic rings. The zero-order valence-corrected chi connectivity index (χ0v) is 5.34. The number of rotatable bonds is 1. The summed E-state index contributed by atoms with van der Waals surface area (Å²) in [7, 11) is 0. The van der Waals surface area contributed by atoms with Gasteiger partial charge in [0.1, 0.15) is 6.54 Å². The van der Waals surface area contributed by atoms with Crippen LogP contribution < -0.4 is 0 Å². The lowest BCUT2D eigenvalue weighted by Crippen LogP contribution is -2.28. The summed E-state index contributed by atoms with van der Waals surface area (Å²) >= 11 is 0. The topological polar surface area (TPSA) is 82.1 Å². The molecule has 58 valence electrons. The fourth-order valence-corrected chi connectivity index (χ4v) is 0.936. The Morgan fingerprint density at radius 2 is 2.40 bits per heavy atom. The molecule has 6 heteroatoms. The predicted octanol–water partition coefficient (Wildman–Crippen LogP) is -0.680. The molecule has 10 heavy (non-hydrogen) atoms. The molecule has 1 atom stereocenters. The van der Waals surface area contributed by atoms with Gasteiger partial charge < -0.3 is 15.5 Å². The Kier molecular flexibility index (Phi) is 1.91. The lowest BCUT2D eigenvalue weighted by Gasteiger charge is -2.08. The maximum Gasteiger partial charge on any atom is 0.230 e. The Labute approximate surface area is 57.5 Å². The summed E-state index contributed by atoms with van der Waals surface area (Å²) < 4.78 is 0. The number of nitrogens with zero attached hydrogens (tertiary/aromatic N) is 3. The highest BCUT2D eigenvalue weighted by atomic mass is 16.6. The summed E-state index contributed by atoms with van der Waals surface area (Å²) in [6.07, 6.45) is 0.0760. The van der Waals surface area contributed by atoms with E-state index in [1.54, 1.807) is 0 Å². The number of aliphatic hydroxyl groups excluding tert-OH is 1. The van der Waals surface area contributed by atoms with Crippen molar-refractivity contribution in [1.29, 1.82) is 0 Å². The summed E-state index contributed by atoms with van der Waals surface area (Å²) in [6.45, 7) is 0.683. The van der Waals surface area contributed by atoms with Crippen molar-refractivity contribution in [3.8, 4) is 0 Å². The molecule has 1 unspecified atom stereocenters. The first-order chi connectivity index (χ1) is 4.74. The number of β-amino-alcohol motifs (C(OH)–C–C–N with tert-alkyl or cyclic N) is 1. The van der Waals surface area contributed by atoms with Gasteiger partial charge in [-0.2, -0.15) is 0 Å². The van der Waals surface area contributed by atoms with Crippen LogP contribution in [0.4, 0.5) is 0 Å². The van der Waals surface area contributed by atoms with E-state index in [1.807, 2.05) is 0 Å². The second-order valence-corrected chi connectivity index (χ2v) is 2.20. The van der Waals surface area contributed by atoms with Gasteiger partial charge in [0.25, 0.3) is 0 Å². The Morgan fingerprint density at radius 3 is 2.80 bits per heavy atom. The monoisotopic (exact) mass is 147 g/mol. The molecule has 1 rings (SSSR count). The van der Waals surface area contributed by atoms with Gasteiger partial charge >= 0.3 is 0 Å². The molecule has 1 aliphatic heterocycles. The van der Waals surface area contributed by atoms with Gasteiger partial charge in [-0.15, -0.1) is 5.01 Å². The van der Waals surface area contributed by atoms with Crippen molar-refractivity contribution in [2.75, 3.05) is 13.1 Å². The summed E-state index contributed by atoms with van der Waals surface area (Å²) in [5.74, 6) is 0. The first-order valence-electron chi connectivity index (χ1n) is 2.99. The standard InChI is InChI=1S/C4H9N3O3/c8-4-1-2-6(3-4)7(10)5-9/h4,8-9H,1-3H2/b7-5-. The second-order valence-electron chi connectivity index (χ2n) is 2.20. The molecule has 1 fully saturated rings. The molecule has 0 radical (unpaired) electrons. The molecule has 2 N–H and O–H groups in total. The average Bonchev–Trinajstić information content (AvgIpc) is 2.34. The summed E-state index contributed by atoms with van der Waals surface area (Å²) in [5.41, 5.74) is 0. The lowest BCUT2D eigenvalue weighted by molar-refractivity contribution is -0.706. The fraction of sp³-hybridized carbons (Fsp3) is 1.00. The van der Waals surface area contributed by atoms with E-state index in [9.17, 15) is 5.21 Å². The van der Waals surface area contributed by atoms with Crippen LogP contribution in [0.2, 0.25) is 0 Å². The SMILES string of the molecule is [O-]/[N+](=N\O)N1CCC(O)C1. The Bertz CT molecular complexity index is 149. The van der Waals surface area contributed by atoms with E-state index >= 15 is 0 Å². The highest BCUT2D eigenvalue weighted by Crippen LogP contribution is 2.07. The number of aliphatic hydroxyl groups is 1. The number of hydrogen-bond donors (Lipinski definition) is 2. The van der Waals surface area contributed by atoms with Gasteiger partial charge in [-0.25, -0.2) is 0 Å². The minimum Gasteiger partial charge on any atom is -0.569 e. The summed E-state index contributed by atoms with van der Waals surface area (Å²) in [6, 6.07) is 0. The van der Waals surface area contributed by atoms with Gasteiger partial charge in [0.05, 0.1) is 17.6 Å². The third-order valence-corrected chi connectivity index (χ3v) is 1.46. The van der Waals surface area contributed by atoms with Crippen LogP contribution in [0, 0.1) is 5.21 Å². The van der Waals surface area contributed by atoms with Gasteiger partial charge in [0.2, 0.25) is 5.28 Å². The average molecular weight is 147 g/mol. The highest BCUT2D eigenvalue weighted by Gasteiger charge is 2.25. The molecule has 0 aliphatic carbocycles. The molecule has 1 saturated heterocycles. The van der Waals surface area contributed by atoms with Crippen molar-refractivity contribution in [3.05, 3.63) is 5.21 Å². The first kappa shape index (κ1) is 7.07. The van der Waals surface area contributed by atoms with Gasteiger partial charge in [-0.05, 0) is 6.42 Å². The summed E-state index contributed by atoms with van der Waals surface area (Å²) in [5, 5.41) is 31.0. The van der Waals surface area contributed by atoms with Crippen LogP contribution in [-0.2, 0) is 0 Å². The predicted molar refractivity (Wildman–Crippen MR) is 30.0 cm³/mol. The lowest BCUT2D eigenvalue weighted by atomic mass is 10.3. The normalized spacial score (nSPS) is 27.5. The van der Waals surface area contributed by atoms with Crippen LogP contribution in [0.25, 0.3) is 0 Å². The molecular formula is C4H9N3O3. The highest BCUT2D eigenvalue weighted by molar-refractivity contribution is 4.67. The minimum absolute atomic E-state index is 0.0796. The second kappa shape index (κ2) is 2.70. The molecule has 0 aromatic carbocycles. The van der Waals surface area contributed by atoms with Crippen LogP contribution in [0.1, 0.15) is 6.42 Å². The Hall–Kier alpha value is -1.04. The zero-order valence-electron chi connectivity index (χ0n) is 5.34. The van der Waals surface area contributed by atoms with Crippen LogP contribution >= 0.6 is 0 Å². The molecule has 0 aromatic heterocycles. The molecule has 1 heterocycles. The zero-order chi connectivity index (χ0) is 7.56. The molecule has 0 saturated carbocycles. The van der Waals surface area contributed by atoms with Gasteiger partial charge in [0, 0.05) is 0 Å². The van der Waals surface area contributed by atoms with Crippen LogP contribution in [0.5, 0.6) is 0 Å². The van der Waals surface area contributed by atoms with E-state index in [-0.39, 0.29) is 11.5 Å². The van der Waals surface area contributed by atoms with Crippen molar-refractivity contribution < 1.29 is 15.3 Å². The van der Waals surface area contributed by atoms with Crippen LogP contribution in [0.15, 0.2) is 5.28 Å². The fourth-order valence-electron chi connectivity index (χ4n) is 0.936. The quantitative estimate of drug-likeness (QED) is 0.292. The van der Waals surface area contributed by atoms with Gasteiger partial charge in [0.15, 0.2) is 0 Å². The number of hydrazine groups is 1. The molecule has 0 amide bonds. The number of hydrogen-bond acceptors (Lipinski definition) is 3. The molecular weight excluding hydrogens is 138 g/mol. The van der Waals surface area contributed by atoms with E-state index < -0.39 is 6.10 Å². The van der Waals surface area contributed by atoms with E-state index in [0.29, 0.717) is 13.0 Å². The maximum absolute atomic E-state index is 10.5. The Morgan fingerprint density at radius 1 is 1.70 bits per heavy atom. The van der Waals surface area contributed by atoms with E-state index in [2.05, 4.69) is 5.28 Å². The van der Waals surface area contributed by atoms with Crippen molar-refractivity contribution >= 4 is 0 Å². The van der Waals surface area contributed by atoms with E-state index in [1.165, 1.54) is 5.01 Å². The Balaban J connectivity index is 2.45. The third kappa shape index (κ3) is 1.27. The van der Waals surface area contributed by atoms with E-state index in [0.717, 1.165) is 0 Å².